The van der Waals surface area contributed by atoms with Gasteiger partial charge in [-0.2, -0.15) is 0 Å². The van der Waals surface area contributed by atoms with Gasteiger partial charge in [0.1, 0.15) is 5.69 Å². The van der Waals surface area contributed by atoms with Crippen molar-refractivity contribution in [1.29, 1.82) is 0 Å². The fourth-order valence-electron chi connectivity index (χ4n) is 2.73. The smallest absolute Gasteiger partial charge is 0.268 e. The van der Waals surface area contributed by atoms with Gasteiger partial charge in [0.15, 0.2) is 0 Å². The lowest BCUT2D eigenvalue weighted by atomic mass is 10.1. The number of aromatic nitrogens is 4. The third-order valence-electron chi connectivity index (χ3n) is 4.10. The predicted molar refractivity (Wildman–Crippen MR) is 105 cm³/mol. The zero-order valence-corrected chi connectivity index (χ0v) is 15.4. The summed E-state index contributed by atoms with van der Waals surface area (Å²) in [7, 11) is 0. The van der Waals surface area contributed by atoms with Crippen LogP contribution >= 0.6 is 0 Å². The monoisotopic (exact) mass is 371 g/mol. The number of hydrogen-bond donors (Lipinski definition) is 1. The van der Waals surface area contributed by atoms with Crippen molar-refractivity contribution in [1.82, 2.24) is 20.2 Å². The molecule has 0 aliphatic rings. The lowest BCUT2D eigenvalue weighted by Gasteiger charge is -2.06. The van der Waals surface area contributed by atoms with E-state index < -0.39 is 0 Å². The van der Waals surface area contributed by atoms with Gasteiger partial charge in [0.05, 0.1) is 17.6 Å². The fourth-order valence-corrected chi connectivity index (χ4v) is 2.73. The molecule has 1 N–H and O–H groups in total. The van der Waals surface area contributed by atoms with Crippen molar-refractivity contribution in [2.24, 2.45) is 0 Å². The third-order valence-corrected chi connectivity index (χ3v) is 4.10. The molecule has 138 valence electrons. The maximum Gasteiger partial charge on any atom is 0.268 e. The van der Waals surface area contributed by atoms with Gasteiger partial charge >= 0.3 is 0 Å². The van der Waals surface area contributed by atoms with E-state index >= 15 is 0 Å². The van der Waals surface area contributed by atoms with Gasteiger partial charge in [0, 0.05) is 23.7 Å². The normalized spacial score (nSPS) is 10.6. The number of carbonyl (C=O) groups excluding carboxylic acids is 1. The quantitative estimate of drug-likeness (QED) is 0.580. The van der Waals surface area contributed by atoms with Crippen molar-refractivity contribution in [3.63, 3.8) is 0 Å². The number of hydrogen-bond acceptors (Lipinski definition) is 6. The minimum absolute atomic E-state index is 0.115. The highest BCUT2D eigenvalue weighted by molar-refractivity contribution is 5.88. The van der Waals surface area contributed by atoms with Crippen LogP contribution < -0.4 is 5.32 Å². The number of benzene rings is 2. The molecule has 0 radical (unpaired) electrons. The Morgan fingerprint density at radius 2 is 1.64 bits per heavy atom. The van der Waals surface area contributed by atoms with E-state index in [2.05, 4.69) is 25.5 Å². The van der Waals surface area contributed by atoms with Crippen molar-refractivity contribution in [2.45, 2.75) is 13.8 Å². The van der Waals surface area contributed by atoms with E-state index in [1.807, 2.05) is 61.5 Å². The molecule has 2 aromatic carbocycles. The predicted octanol–water partition coefficient (Wildman–Crippen LogP) is 4.13. The number of nitrogens with zero attached hydrogens (tertiary/aromatic N) is 4. The third kappa shape index (κ3) is 3.64. The van der Waals surface area contributed by atoms with Crippen LogP contribution in [0.5, 0.6) is 0 Å². The van der Waals surface area contributed by atoms with Crippen molar-refractivity contribution in [3.8, 4) is 34.3 Å². The minimum Gasteiger partial charge on any atom is -0.415 e. The fraction of sp³-hybridized carbons (Fsp3) is 0.0952. The summed E-state index contributed by atoms with van der Waals surface area (Å²) in [5.74, 6) is 0.637. The maximum atomic E-state index is 11.2. The van der Waals surface area contributed by atoms with E-state index in [9.17, 15) is 4.79 Å². The van der Waals surface area contributed by atoms with Gasteiger partial charge in [-0.1, -0.05) is 30.3 Å². The summed E-state index contributed by atoms with van der Waals surface area (Å²) < 4.78 is 5.82. The molecule has 0 fully saturated rings. The Kier molecular flexibility index (Phi) is 4.63. The van der Waals surface area contributed by atoms with Crippen LogP contribution in [0.1, 0.15) is 12.6 Å². The second-order valence-electron chi connectivity index (χ2n) is 6.23. The van der Waals surface area contributed by atoms with Crippen LogP contribution in [0, 0.1) is 6.92 Å². The van der Waals surface area contributed by atoms with Crippen LogP contribution in [0.2, 0.25) is 0 Å². The molecule has 0 bridgehead atoms. The Morgan fingerprint density at radius 3 is 2.36 bits per heavy atom. The highest BCUT2D eigenvalue weighted by Crippen LogP contribution is 2.27. The SMILES string of the molecule is CC(=O)Nc1ccc(-c2cnc(C)c(-c3nnc(-c4ccccc4)o3)n2)cc1. The molecule has 0 saturated carbocycles. The number of nitrogens with one attached hydrogen (secondary N) is 1. The number of carbonyl (C=O) groups is 1. The standard InChI is InChI=1S/C21H17N5O2/c1-13-19(21-26-25-20(28-21)16-6-4-3-5-7-16)24-18(12-22-13)15-8-10-17(11-9-15)23-14(2)27/h3-12H,1-2H3,(H,23,27). The van der Waals surface area contributed by atoms with Crippen molar-refractivity contribution in [2.75, 3.05) is 5.32 Å². The molecule has 1 amide bonds. The van der Waals surface area contributed by atoms with Gasteiger partial charge in [-0.3, -0.25) is 9.78 Å². The van der Waals surface area contributed by atoms with Crippen molar-refractivity contribution in [3.05, 3.63) is 66.5 Å². The van der Waals surface area contributed by atoms with Crippen LogP contribution in [0.25, 0.3) is 34.3 Å². The average Bonchev–Trinajstić information content (AvgIpc) is 3.19. The number of rotatable bonds is 4. The molecule has 7 heteroatoms. The first-order valence-corrected chi connectivity index (χ1v) is 8.71. The van der Waals surface area contributed by atoms with Crippen LogP contribution in [0.4, 0.5) is 5.69 Å². The van der Waals surface area contributed by atoms with Gasteiger partial charge in [-0.15, -0.1) is 10.2 Å². The lowest BCUT2D eigenvalue weighted by molar-refractivity contribution is -0.114. The number of anilines is 1. The second kappa shape index (κ2) is 7.40. The molecule has 4 rings (SSSR count). The van der Waals surface area contributed by atoms with Crippen molar-refractivity contribution < 1.29 is 9.21 Å². The molecule has 4 aromatic rings. The Morgan fingerprint density at radius 1 is 0.929 bits per heavy atom. The van der Waals surface area contributed by atoms with E-state index in [1.54, 1.807) is 6.20 Å². The molecule has 2 heterocycles. The summed E-state index contributed by atoms with van der Waals surface area (Å²) in [6.45, 7) is 3.32. The van der Waals surface area contributed by atoms with Gasteiger partial charge in [-0.05, 0) is 31.2 Å². The first kappa shape index (κ1) is 17.5. The van der Waals surface area contributed by atoms with E-state index in [0.717, 1.165) is 16.8 Å². The van der Waals surface area contributed by atoms with Gasteiger partial charge in [0.25, 0.3) is 5.89 Å². The highest BCUT2D eigenvalue weighted by atomic mass is 16.4. The molecule has 0 atom stereocenters. The molecule has 0 spiro atoms. The lowest BCUT2D eigenvalue weighted by Crippen LogP contribution is -2.05. The van der Waals surface area contributed by atoms with Crippen LogP contribution in [0.3, 0.4) is 0 Å². The van der Waals surface area contributed by atoms with Gasteiger partial charge in [-0.25, -0.2) is 4.98 Å². The van der Waals surface area contributed by atoms with Crippen LogP contribution in [-0.2, 0) is 4.79 Å². The maximum absolute atomic E-state index is 11.2. The highest BCUT2D eigenvalue weighted by Gasteiger charge is 2.16. The van der Waals surface area contributed by atoms with E-state index in [4.69, 9.17) is 4.42 Å². The minimum atomic E-state index is -0.115. The average molecular weight is 371 g/mol. The second-order valence-corrected chi connectivity index (χ2v) is 6.23. The van der Waals surface area contributed by atoms with Crippen LogP contribution in [0.15, 0.2) is 65.2 Å². The molecule has 7 nitrogen and oxygen atoms in total. The summed E-state index contributed by atoms with van der Waals surface area (Å²) >= 11 is 0. The number of aryl methyl sites for hydroxylation is 1. The molecule has 0 saturated heterocycles. The molecule has 0 unspecified atom stereocenters. The Hall–Kier alpha value is -3.87. The largest absolute Gasteiger partial charge is 0.415 e. The summed E-state index contributed by atoms with van der Waals surface area (Å²) in [6, 6.07) is 16.9. The van der Waals surface area contributed by atoms with E-state index in [-0.39, 0.29) is 5.91 Å². The summed E-state index contributed by atoms with van der Waals surface area (Å²) in [6.07, 6.45) is 1.70. The summed E-state index contributed by atoms with van der Waals surface area (Å²) in [4.78, 5) is 20.2. The van der Waals surface area contributed by atoms with Gasteiger partial charge in [0.2, 0.25) is 11.8 Å². The first-order chi connectivity index (χ1) is 13.6. The summed E-state index contributed by atoms with van der Waals surface area (Å²) in [5.41, 5.74) is 4.35. The zero-order valence-electron chi connectivity index (χ0n) is 15.4. The Bertz CT molecular complexity index is 1120. The molecule has 0 aliphatic carbocycles. The molecule has 0 aliphatic heterocycles. The number of amides is 1. The molecule has 2 aromatic heterocycles. The van der Waals surface area contributed by atoms with Crippen LogP contribution in [-0.4, -0.2) is 26.1 Å². The van der Waals surface area contributed by atoms with E-state index in [0.29, 0.717) is 28.9 Å². The van der Waals surface area contributed by atoms with Gasteiger partial charge < -0.3 is 9.73 Å². The van der Waals surface area contributed by atoms with Crippen molar-refractivity contribution >= 4 is 11.6 Å². The molecular weight excluding hydrogens is 354 g/mol. The zero-order chi connectivity index (χ0) is 19.5. The summed E-state index contributed by atoms with van der Waals surface area (Å²) in [5, 5.41) is 11.0. The van der Waals surface area contributed by atoms with E-state index in [1.165, 1.54) is 6.92 Å². The Balaban J connectivity index is 1.66. The Labute approximate surface area is 161 Å². The molecule has 28 heavy (non-hydrogen) atoms. The topological polar surface area (TPSA) is 93.8 Å². The first-order valence-electron chi connectivity index (χ1n) is 8.71. The molecular formula is C21H17N5O2.